The lowest BCUT2D eigenvalue weighted by Gasteiger charge is -2.33. The number of hydrogen-bond donors (Lipinski definition) is 0. The minimum atomic E-state index is -0.643. The van der Waals surface area contributed by atoms with Crippen molar-refractivity contribution in [2.45, 2.75) is 36.7 Å². The summed E-state index contributed by atoms with van der Waals surface area (Å²) in [5.74, 6) is -1.07. The molecule has 4 rings (SSSR count). The molecule has 2 aliphatic heterocycles. The van der Waals surface area contributed by atoms with Gasteiger partial charge in [0.15, 0.2) is 0 Å². The molecule has 0 radical (unpaired) electrons. The van der Waals surface area contributed by atoms with E-state index in [0.29, 0.717) is 22.3 Å². The normalized spacial score (nSPS) is 21.1. The number of carbonyl (C=O) groups is 1. The van der Waals surface area contributed by atoms with Crippen LogP contribution in [0.5, 0.6) is 0 Å². The van der Waals surface area contributed by atoms with E-state index in [9.17, 15) is 14.0 Å². The van der Waals surface area contributed by atoms with Gasteiger partial charge >= 0.3 is 5.97 Å². The van der Waals surface area contributed by atoms with Gasteiger partial charge in [-0.1, -0.05) is 11.8 Å². The molecular weight excluding hydrogens is 381 g/mol. The molecule has 2 aromatic rings. The number of hydrogen-bond acceptors (Lipinski definition) is 6. The highest BCUT2D eigenvalue weighted by atomic mass is 32.2. The highest BCUT2D eigenvalue weighted by Gasteiger charge is 2.34. The number of halogens is 1. The molecule has 0 spiro atoms. The number of thioether (sulfide) groups is 1. The summed E-state index contributed by atoms with van der Waals surface area (Å²) >= 11 is 1.46. The zero-order valence-corrected chi connectivity index (χ0v) is 17.3. The number of rotatable bonds is 4. The maximum Gasteiger partial charge on any atom is 0.344 e. The highest BCUT2D eigenvalue weighted by molar-refractivity contribution is 8.00. The summed E-state index contributed by atoms with van der Waals surface area (Å²) in [6, 6.07) is 3.42. The summed E-state index contributed by atoms with van der Waals surface area (Å²) in [5, 5.41) is 0.898. The van der Waals surface area contributed by atoms with Gasteiger partial charge in [-0.2, -0.15) is 0 Å². The third-order valence-corrected chi connectivity index (χ3v) is 6.76. The second-order valence-corrected chi connectivity index (χ2v) is 8.79. The van der Waals surface area contributed by atoms with E-state index in [2.05, 4.69) is 4.90 Å². The molecule has 0 aliphatic carbocycles. The van der Waals surface area contributed by atoms with E-state index in [-0.39, 0.29) is 22.9 Å². The number of benzene rings is 1. The minimum Gasteiger partial charge on any atom is -0.462 e. The van der Waals surface area contributed by atoms with Crippen molar-refractivity contribution in [3.05, 3.63) is 33.7 Å². The first kappa shape index (κ1) is 19.3. The first-order valence-corrected chi connectivity index (χ1v) is 10.4. The molecule has 2 atom stereocenters. The SMILES string of the molecule is CCOC(=O)c1c2n(c3cc(N4CCC(N(C)C)C4)c(F)cc3c1=O)C(C)S2. The zero-order valence-electron chi connectivity index (χ0n) is 16.5. The molecule has 0 N–H and O–H groups in total. The van der Waals surface area contributed by atoms with Crippen molar-refractivity contribution < 1.29 is 13.9 Å². The van der Waals surface area contributed by atoms with Crippen LogP contribution in [0, 0.1) is 5.82 Å². The number of likely N-dealkylation sites (N-methyl/N-ethyl adjacent to an activating group) is 1. The van der Waals surface area contributed by atoms with Gasteiger partial charge in [0.1, 0.15) is 11.4 Å². The molecule has 1 fully saturated rings. The number of pyridine rings is 1. The Hall–Kier alpha value is -2.06. The van der Waals surface area contributed by atoms with Crippen molar-refractivity contribution in [1.29, 1.82) is 0 Å². The van der Waals surface area contributed by atoms with Gasteiger partial charge in [-0.05, 0) is 46.5 Å². The van der Waals surface area contributed by atoms with Gasteiger partial charge in [-0.25, -0.2) is 9.18 Å². The van der Waals surface area contributed by atoms with Gasteiger partial charge in [0.05, 0.1) is 28.2 Å². The fourth-order valence-corrected chi connectivity index (χ4v) is 5.19. The lowest BCUT2D eigenvalue weighted by molar-refractivity contribution is 0.0518. The van der Waals surface area contributed by atoms with Crippen LogP contribution in [0.2, 0.25) is 0 Å². The quantitative estimate of drug-likeness (QED) is 0.729. The number of ether oxygens (including phenoxy) is 1. The summed E-state index contributed by atoms with van der Waals surface area (Å²) in [4.78, 5) is 29.5. The zero-order chi connectivity index (χ0) is 20.2. The van der Waals surface area contributed by atoms with Crippen LogP contribution in [0.1, 0.15) is 36.0 Å². The molecule has 6 nitrogen and oxygen atoms in total. The van der Waals surface area contributed by atoms with Crippen LogP contribution in [-0.4, -0.2) is 55.3 Å². The molecular formula is C20H24FN3O3S. The van der Waals surface area contributed by atoms with E-state index < -0.39 is 17.2 Å². The van der Waals surface area contributed by atoms with Crippen LogP contribution >= 0.6 is 11.8 Å². The number of fused-ring (bicyclic) bond motifs is 3. The smallest absolute Gasteiger partial charge is 0.344 e. The molecule has 0 saturated carbocycles. The minimum absolute atomic E-state index is 0.0124. The van der Waals surface area contributed by atoms with Gasteiger partial charge < -0.3 is 19.1 Å². The Kier molecular flexibility index (Phi) is 4.87. The second kappa shape index (κ2) is 7.08. The average molecular weight is 405 g/mol. The molecule has 3 heterocycles. The van der Waals surface area contributed by atoms with Gasteiger partial charge in [0.25, 0.3) is 0 Å². The Morgan fingerprint density at radius 2 is 2.14 bits per heavy atom. The summed E-state index contributed by atoms with van der Waals surface area (Å²) < 4.78 is 22.0. The summed E-state index contributed by atoms with van der Waals surface area (Å²) in [6.07, 6.45) is 0.969. The first-order chi connectivity index (χ1) is 13.3. The first-order valence-electron chi connectivity index (χ1n) is 9.50. The fraction of sp³-hybridized carbons (Fsp3) is 0.500. The van der Waals surface area contributed by atoms with Crippen LogP contribution in [0.15, 0.2) is 22.0 Å². The molecule has 1 aromatic heterocycles. The maximum absolute atomic E-state index is 15.0. The van der Waals surface area contributed by atoms with E-state index in [1.54, 1.807) is 13.0 Å². The Morgan fingerprint density at radius 3 is 2.75 bits per heavy atom. The van der Waals surface area contributed by atoms with Crippen molar-refractivity contribution >= 4 is 34.3 Å². The third-order valence-electron chi connectivity index (χ3n) is 5.59. The van der Waals surface area contributed by atoms with Gasteiger partial charge in [-0.3, -0.25) is 4.79 Å². The molecule has 0 amide bonds. The highest BCUT2D eigenvalue weighted by Crippen LogP contribution is 2.47. The van der Waals surface area contributed by atoms with Gasteiger partial charge in [0.2, 0.25) is 5.43 Å². The standard InChI is InChI=1S/C20H24FN3O3S/c1-5-27-20(26)17-18(25)13-8-14(21)16(23-7-6-12(10-23)22(3)4)9-15(13)24-11(2)28-19(17)24/h8-9,11-12H,5-7,10H2,1-4H3. The molecule has 2 unspecified atom stereocenters. The predicted octanol–water partition coefficient (Wildman–Crippen LogP) is 3.08. The van der Waals surface area contributed by atoms with E-state index in [1.807, 2.05) is 30.5 Å². The van der Waals surface area contributed by atoms with Crippen LogP contribution in [0.25, 0.3) is 10.9 Å². The predicted molar refractivity (Wildman–Crippen MR) is 109 cm³/mol. The Labute approximate surface area is 167 Å². The molecule has 1 aromatic carbocycles. The van der Waals surface area contributed by atoms with E-state index >= 15 is 0 Å². The molecule has 8 heteroatoms. The summed E-state index contributed by atoms with van der Waals surface area (Å²) in [5.41, 5.74) is 0.735. The molecule has 150 valence electrons. The Balaban J connectivity index is 1.86. The lowest BCUT2D eigenvalue weighted by atomic mass is 10.1. The topological polar surface area (TPSA) is 54.8 Å². The van der Waals surface area contributed by atoms with Crippen molar-refractivity contribution in [1.82, 2.24) is 9.47 Å². The monoisotopic (exact) mass is 405 g/mol. The van der Waals surface area contributed by atoms with Crippen LogP contribution in [-0.2, 0) is 4.74 Å². The summed E-state index contributed by atoms with van der Waals surface area (Å²) in [6.45, 7) is 5.40. The van der Waals surface area contributed by atoms with E-state index in [4.69, 9.17) is 4.74 Å². The van der Waals surface area contributed by atoms with Crippen LogP contribution in [0.3, 0.4) is 0 Å². The summed E-state index contributed by atoms with van der Waals surface area (Å²) in [7, 11) is 4.06. The average Bonchev–Trinajstić information content (AvgIpc) is 3.12. The van der Waals surface area contributed by atoms with Gasteiger partial charge in [0, 0.05) is 24.5 Å². The fourth-order valence-electron chi connectivity index (χ4n) is 4.04. The van der Waals surface area contributed by atoms with Crippen molar-refractivity contribution in [3.63, 3.8) is 0 Å². The Bertz CT molecular complexity index is 1020. The Morgan fingerprint density at radius 1 is 1.39 bits per heavy atom. The molecule has 28 heavy (non-hydrogen) atoms. The number of esters is 1. The molecule has 2 aliphatic rings. The number of carbonyl (C=O) groups excluding carboxylic acids is 1. The van der Waals surface area contributed by atoms with Gasteiger partial charge in [-0.15, -0.1) is 0 Å². The lowest BCUT2D eigenvalue weighted by Crippen LogP contribution is -2.32. The largest absolute Gasteiger partial charge is 0.462 e. The van der Waals surface area contributed by atoms with Crippen LogP contribution < -0.4 is 10.3 Å². The maximum atomic E-state index is 15.0. The van der Waals surface area contributed by atoms with Crippen molar-refractivity contribution in [3.8, 4) is 0 Å². The third kappa shape index (κ3) is 2.90. The second-order valence-electron chi connectivity index (χ2n) is 7.49. The molecule has 0 bridgehead atoms. The van der Waals surface area contributed by atoms with Crippen molar-refractivity contribution in [2.75, 3.05) is 38.7 Å². The van der Waals surface area contributed by atoms with Crippen LogP contribution in [0.4, 0.5) is 10.1 Å². The number of aromatic nitrogens is 1. The number of anilines is 1. The molecule has 1 saturated heterocycles. The number of nitrogens with zero attached hydrogens (tertiary/aromatic N) is 3. The van der Waals surface area contributed by atoms with Crippen molar-refractivity contribution in [2.24, 2.45) is 0 Å². The van der Waals surface area contributed by atoms with E-state index in [0.717, 1.165) is 19.5 Å². The van der Waals surface area contributed by atoms with E-state index in [1.165, 1.54) is 17.8 Å².